The maximum atomic E-state index is 12.6. The number of sulfone groups is 1. The predicted octanol–water partition coefficient (Wildman–Crippen LogP) is 2.43. The molecule has 0 bridgehead atoms. The zero-order valence-electron chi connectivity index (χ0n) is 11.5. The fraction of sp³-hybridized carbons (Fsp3) is 0.769. The fourth-order valence-corrected chi connectivity index (χ4v) is 5.83. The van der Waals surface area contributed by atoms with Crippen LogP contribution < -0.4 is 10.6 Å². The highest BCUT2D eigenvalue weighted by Gasteiger charge is 2.41. The molecule has 1 saturated carbocycles. The molecule has 1 saturated heterocycles. The third-order valence-corrected chi connectivity index (χ3v) is 7.42. The van der Waals surface area contributed by atoms with Crippen molar-refractivity contribution in [2.45, 2.75) is 55.1 Å². The van der Waals surface area contributed by atoms with Gasteiger partial charge in [0.05, 0.1) is 5.25 Å². The molecule has 2 fully saturated rings. The minimum Gasteiger partial charge on any atom is -0.382 e. The van der Waals surface area contributed by atoms with Crippen molar-refractivity contribution in [3.05, 3.63) is 0 Å². The molecule has 1 aromatic rings. The van der Waals surface area contributed by atoms with Gasteiger partial charge in [-0.3, -0.25) is 0 Å². The van der Waals surface area contributed by atoms with Crippen molar-refractivity contribution < 1.29 is 8.42 Å². The van der Waals surface area contributed by atoms with Crippen molar-refractivity contribution in [2.75, 3.05) is 23.7 Å². The van der Waals surface area contributed by atoms with Gasteiger partial charge in [0.15, 0.2) is 15.7 Å². The molecular formula is C13H21N3O2S2. The summed E-state index contributed by atoms with van der Waals surface area (Å²) in [5, 5.41) is 0.547. The predicted molar refractivity (Wildman–Crippen MR) is 82.0 cm³/mol. The van der Waals surface area contributed by atoms with Gasteiger partial charge in [-0.2, -0.15) is 4.37 Å². The Morgan fingerprint density at radius 1 is 1.10 bits per heavy atom. The lowest BCUT2D eigenvalue weighted by molar-refractivity contribution is 0.555. The van der Waals surface area contributed by atoms with E-state index in [1.807, 2.05) is 0 Å². The monoisotopic (exact) mass is 315 g/mol. The van der Waals surface area contributed by atoms with Crippen LogP contribution in [0.5, 0.6) is 0 Å². The normalized spacial score (nSPS) is 21.5. The SMILES string of the molecule is Nc1nsc(N2CCCCCCC2)c1S(=O)(=O)C1CC1. The third-order valence-electron chi connectivity index (χ3n) is 4.05. The molecule has 1 aliphatic carbocycles. The Morgan fingerprint density at radius 3 is 2.30 bits per heavy atom. The largest absolute Gasteiger partial charge is 0.382 e. The van der Waals surface area contributed by atoms with E-state index in [0.29, 0.717) is 4.90 Å². The topological polar surface area (TPSA) is 76.3 Å². The maximum absolute atomic E-state index is 12.6. The van der Waals surface area contributed by atoms with Gasteiger partial charge in [-0.15, -0.1) is 0 Å². The molecule has 0 amide bonds. The molecule has 2 heterocycles. The number of anilines is 2. The first-order valence-corrected chi connectivity index (χ1v) is 9.66. The molecule has 1 aliphatic heterocycles. The molecule has 0 radical (unpaired) electrons. The summed E-state index contributed by atoms with van der Waals surface area (Å²) in [6.07, 6.45) is 7.46. The van der Waals surface area contributed by atoms with Gasteiger partial charge in [0.1, 0.15) is 9.90 Å². The van der Waals surface area contributed by atoms with E-state index in [1.54, 1.807) is 0 Å². The van der Waals surface area contributed by atoms with Crippen molar-refractivity contribution >= 4 is 32.2 Å². The second-order valence-electron chi connectivity index (χ2n) is 5.70. The molecule has 0 unspecified atom stereocenters. The number of nitrogens with two attached hydrogens (primary N) is 1. The Kier molecular flexibility index (Phi) is 3.90. The van der Waals surface area contributed by atoms with Crippen molar-refractivity contribution in [3.63, 3.8) is 0 Å². The van der Waals surface area contributed by atoms with Gasteiger partial charge >= 0.3 is 0 Å². The van der Waals surface area contributed by atoms with Crippen LogP contribution >= 0.6 is 11.5 Å². The molecule has 5 nitrogen and oxygen atoms in total. The summed E-state index contributed by atoms with van der Waals surface area (Å²) in [5.41, 5.74) is 5.86. The maximum Gasteiger partial charge on any atom is 0.187 e. The smallest absolute Gasteiger partial charge is 0.187 e. The van der Waals surface area contributed by atoms with Crippen LogP contribution in [-0.2, 0) is 9.84 Å². The summed E-state index contributed by atoms with van der Waals surface area (Å²) >= 11 is 1.24. The Labute approximate surface area is 124 Å². The highest BCUT2D eigenvalue weighted by molar-refractivity contribution is 7.92. The molecular weight excluding hydrogens is 294 g/mol. The average Bonchev–Trinajstić information content (AvgIpc) is 3.14. The first kappa shape index (κ1) is 14.1. The second kappa shape index (κ2) is 5.52. The van der Waals surface area contributed by atoms with Gasteiger partial charge in [-0.1, -0.05) is 19.3 Å². The number of hydrogen-bond acceptors (Lipinski definition) is 6. The van der Waals surface area contributed by atoms with Crippen LogP contribution in [0.15, 0.2) is 4.90 Å². The minimum atomic E-state index is -3.27. The summed E-state index contributed by atoms with van der Waals surface area (Å²) in [6.45, 7) is 1.82. The Balaban J connectivity index is 1.93. The van der Waals surface area contributed by atoms with Crippen LogP contribution in [0.25, 0.3) is 0 Å². The molecule has 112 valence electrons. The fourth-order valence-electron chi connectivity index (χ4n) is 2.75. The number of hydrogen-bond donors (Lipinski definition) is 1. The quantitative estimate of drug-likeness (QED) is 0.927. The van der Waals surface area contributed by atoms with Gasteiger partial charge in [-0.05, 0) is 37.2 Å². The lowest BCUT2D eigenvalue weighted by atomic mass is 10.1. The molecule has 2 aliphatic rings. The van der Waals surface area contributed by atoms with Crippen LogP contribution in [0.1, 0.15) is 44.9 Å². The van der Waals surface area contributed by atoms with Gasteiger partial charge in [0, 0.05) is 13.1 Å². The van der Waals surface area contributed by atoms with Crippen LogP contribution in [0.4, 0.5) is 10.8 Å². The average molecular weight is 315 g/mol. The first-order chi connectivity index (χ1) is 9.60. The molecule has 3 rings (SSSR count). The van der Waals surface area contributed by atoms with Crippen LogP contribution in [0.3, 0.4) is 0 Å². The molecule has 7 heteroatoms. The lowest BCUT2D eigenvalue weighted by Crippen LogP contribution is -2.28. The van der Waals surface area contributed by atoms with Crippen LogP contribution in [-0.4, -0.2) is 31.1 Å². The van der Waals surface area contributed by atoms with E-state index in [9.17, 15) is 8.42 Å². The van der Waals surface area contributed by atoms with E-state index in [1.165, 1.54) is 30.8 Å². The molecule has 1 aromatic heterocycles. The van der Waals surface area contributed by atoms with Crippen LogP contribution in [0, 0.1) is 0 Å². The summed E-state index contributed by atoms with van der Waals surface area (Å²) in [7, 11) is -3.27. The standard InChI is InChI=1S/C13H21N3O2S2/c14-12-11(20(17,18)10-6-7-10)13(19-15-12)16-8-4-2-1-3-5-9-16/h10H,1-9H2,(H2,14,15). The van der Waals surface area contributed by atoms with Crippen molar-refractivity contribution in [3.8, 4) is 0 Å². The molecule has 0 atom stereocenters. The molecule has 0 spiro atoms. The Hall–Kier alpha value is -0.820. The Bertz CT molecular complexity index is 570. The summed E-state index contributed by atoms with van der Waals surface area (Å²) in [5.74, 6) is 0.193. The lowest BCUT2D eigenvalue weighted by Gasteiger charge is -2.25. The van der Waals surface area contributed by atoms with Crippen molar-refractivity contribution in [1.82, 2.24) is 4.37 Å². The summed E-state index contributed by atoms with van der Waals surface area (Å²) in [6, 6.07) is 0. The number of nitrogens with zero attached hydrogens (tertiary/aromatic N) is 2. The van der Waals surface area contributed by atoms with E-state index in [2.05, 4.69) is 9.27 Å². The van der Waals surface area contributed by atoms with Crippen molar-refractivity contribution in [1.29, 1.82) is 0 Å². The molecule has 2 N–H and O–H groups in total. The number of rotatable bonds is 3. The van der Waals surface area contributed by atoms with Crippen LogP contribution in [0.2, 0.25) is 0 Å². The van der Waals surface area contributed by atoms with Gasteiger partial charge in [-0.25, -0.2) is 8.42 Å². The Morgan fingerprint density at radius 2 is 1.70 bits per heavy atom. The highest BCUT2D eigenvalue weighted by Crippen LogP contribution is 2.42. The summed E-state index contributed by atoms with van der Waals surface area (Å²) in [4.78, 5) is 2.49. The third kappa shape index (κ3) is 2.65. The zero-order chi connectivity index (χ0) is 14.2. The van der Waals surface area contributed by atoms with Crippen molar-refractivity contribution in [2.24, 2.45) is 0 Å². The van der Waals surface area contributed by atoms with E-state index < -0.39 is 9.84 Å². The number of aromatic nitrogens is 1. The van der Waals surface area contributed by atoms with Gasteiger partial charge < -0.3 is 10.6 Å². The van der Waals surface area contributed by atoms with E-state index >= 15 is 0 Å². The van der Waals surface area contributed by atoms with E-state index in [4.69, 9.17) is 5.73 Å². The minimum absolute atomic E-state index is 0.193. The zero-order valence-corrected chi connectivity index (χ0v) is 13.2. The highest BCUT2D eigenvalue weighted by atomic mass is 32.2. The van der Waals surface area contributed by atoms with Gasteiger partial charge in [0.25, 0.3) is 0 Å². The first-order valence-electron chi connectivity index (χ1n) is 7.34. The van der Waals surface area contributed by atoms with E-state index in [0.717, 1.165) is 43.8 Å². The van der Waals surface area contributed by atoms with Gasteiger partial charge in [0.2, 0.25) is 0 Å². The summed E-state index contributed by atoms with van der Waals surface area (Å²) < 4.78 is 29.2. The van der Waals surface area contributed by atoms with E-state index in [-0.39, 0.29) is 11.1 Å². The second-order valence-corrected chi connectivity index (χ2v) is 8.62. The molecule has 20 heavy (non-hydrogen) atoms. The number of nitrogen functional groups attached to an aromatic ring is 1. The molecule has 0 aromatic carbocycles.